The normalized spacial score (nSPS) is 10.8. The summed E-state index contributed by atoms with van der Waals surface area (Å²) < 4.78 is 0.958. The minimum Gasteiger partial charge on any atom is -0.245 e. The average molecular weight is 336 g/mol. The quantitative estimate of drug-likeness (QED) is 0.738. The lowest BCUT2D eigenvalue weighted by atomic mass is 10.2. The summed E-state index contributed by atoms with van der Waals surface area (Å²) in [6, 6.07) is 7.82. The van der Waals surface area contributed by atoms with E-state index in [1.54, 1.807) is 16.1 Å². The predicted octanol–water partition coefficient (Wildman–Crippen LogP) is 2.92. The van der Waals surface area contributed by atoms with E-state index in [1.807, 2.05) is 36.6 Å². The molecule has 2 aromatic heterocycles. The second kappa shape index (κ2) is 5.18. The van der Waals surface area contributed by atoms with Crippen LogP contribution in [0.25, 0.3) is 11.4 Å². The van der Waals surface area contributed by atoms with Crippen molar-refractivity contribution in [3.8, 4) is 11.4 Å². The van der Waals surface area contributed by atoms with Crippen LogP contribution in [0.4, 0.5) is 0 Å². The molecule has 2 heterocycles. The molecule has 19 heavy (non-hydrogen) atoms. The van der Waals surface area contributed by atoms with Crippen molar-refractivity contribution in [3.05, 3.63) is 44.8 Å². The molecule has 1 aromatic carbocycles. The van der Waals surface area contributed by atoms with Crippen molar-refractivity contribution in [1.29, 1.82) is 0 Å². The SMILES string of the molecule is Cc1csc(Cn2nnc(-c3ccccc3Br)n2)n1. The van der Waals surface area contributed by atoms with Gasteiger partial charge in [0.2, 0.25) is 5.82 Å². The van der Waals surface area contributed by atoms with Gasteiger partial charge in [-0.25, -0.2) is 4.98 Å². The highest BCUT2D eigenvalue weighted by Crippen LogP contribution is 2.24. The van der Waals surface area contributed by atoms with Gasteiger partial charge in [-0.1, -0.05) is 28.1 Å². The van der Waals surface area contributed by atoms with Crippen molar-refractivity contribution in [2.45, 2.75) is 13.5 Å². The topological polar surface area (TPSA) is 56.5 Å². The molecule has 0 N–H and O–H groups in total. The lowest BCUT2D eigenvalue weighted by Gasteiger charge is -1.97. The number of aromatic nitrogens is 5. The summed E-state index contributed by atoms with van der Waals surface area (Å²) in [7, 11) is 0. The lowest BCUT2D eigenvalue weighted by molar-refractivity contribution is 0.570. The van der Waals surface area contributed by atoms with E-state index < -0.39 is 0 Å². The fraction of sp³-hybridized carbons (Fsp3) is 0.167. The molecule has 0 aliphatic heterocycles. The highest BCUT2D eigenvalue weighted by atomic mass is 79.9. The predicted molar refractivity (Wildman–Crippen MR) is 76.9 cm³/mol. The first-order valence-corrected chi connectivity index (χ1v) is 7.33. The van der Waals surface area contributed by atoms with Crippen molar-refractivity contribution in [2.75, 3.05) is 0 Å². The molecule has 0 saturated heterocycles. The van der Waals surface area contributed by atoms with Crippen molar-refractivity contribution in [1.82, 2.24) is 25.2 Å². The zero-order chi connectivity index (χ0) is 13.2. The Morgan fingerprint density at radius 1 is 1.32 bits per heavy atom. The standard InChI is InChI=1S/C12H10BrN5S/c1-8-7-19-11(14-8)6-18-16-12(15-17-18)9-4-2-3-5-10(9)13/h2-5,7H,6H2,1H3. The van der Waals surface area contributed by atoms with E-state index in [9.17, 15) is 0 Å². The third-order valence-electron chi connectivity index (χ3n) is 2.51. The minimum atomic E-state index is 0.552. The van der Waals surface area contributed by atoms with Crippen molar-refractivity contribution < 1.29 is 0 Å². The van der Waals surface area contributed by atoms with Gasteiger partial charge >= 0.3 is 0 Å². The van der Waals surface area contributed by atoms with Gasteiger partial charge in [-0.3, -0.25) is 0 Å². The van der Waals surface area contributed by atoms with Crippen LogP contribution in [0.1, 0.15) is 10.7 Å². The summed E-state index contributed by atoms with van der Waals surface area (Å²) in [4.78, 5) is 5.95. The van der Waals surface area contributed by atoms with Crippen LogP contribution in [0.15, 0.2) is 34.1 Å². The average Bonchev–Trinajstić information content (AvgIpc) is 3.00. The number of hydrogen-bond acceptors (Lipinski definition) is 5. The third-order valence-corrected chi connectivity index (χ3v) is 4.15. The minimum absolute atomic E-state index is 0.552. The molecule has 3 rings (SSSR count). The van der Waals surface area contributed by atoms with Crippen molar-refractivity contribution in [2.24, 2.45) is 0 Å². The van der Waals surface area contributed by atoms with E-state index >= 15 is 0 Å². The van der Waals surface area contributed by atoms with Gasteiger partial charge in [0.05, 0.1) is 0 Å². The molecule has 0 saturated carbocycles. The van der Waals surface area contributed by atoms with Gasteiger partial charge in [-0.05, 0) is 24.3 Å². The summed E-state index contributed by atoms with van der Waals surface area (Å²) in [5, 5.41) is 15.5. The Labute approximate surface area is 122 Å². The molecule has 0 atom stereocenters. The zero-order valence-corrected chi connectivity index (χ0v) is 12.5. The Balaban J connectivity index is 1.86. The third kappa shape index (κ3) is 2.71. The van der Waals surface area contributed by atoms with Gasteiger partial charge in [0.25, 0.3) is 0 Å². The highest BCUT2D eigenvalue weighted by molar-refractivity contribution is 9.10. The molecule has 3 aromatic rings. The summed E-state index contributed by atoms with van der Waals surface area (Å²) in [5.74, 6) is 0.612. The second-order valence-electron chi connectivity index (χ2n) is 4.01. The Morgan fingerprint density at radius 2 is 2.16 bits per heavy atom. The van der Waals surface area contributed by atoms with Crippen LogP contribution in [-0.4, -0.2) is 25.2 Å². The zero-order valence-electron chi connectivity index (χ0n) is 10.1. The summed E-state index contributed by atoms with van der Waals surface area (Å²) in [5.41, 5.74) is 1.95. The molecule has 0 bridgehead atoms. The van der Waals surface area contributed by atoms with Gasteiger partial charge in [0, 0.05) is 21.1 Å². The number of benzene rings is 1. The number of nitrogens with zero attached hydrogens (tertiary/aromatic N) is 5. The van der Waals surface area contributed by atoms with Crippen LogP contribution in [0.3, 0.4) is 0 Å². The summed E-state index contributed by atoms with van der Waals surface area (Å²) in [6.45, 7) is 2.53. The molecule has 0 aliphatic rings. The van der Waals surface area contributed by atoms with Gasteiger partial charge in [0.15, 0.2) is 0 Å². The number of tetrazole rings is 1. The van der Waals surface area contributed by atoms with E-state index in [0.717, 1.165) is 20.7 Å². The van der Waals surface area contributed by atoms with E-state index in [0.29, 0.717) is 12.4 Å². The number of thiazole rings is 1. The number of rotatable bonds is 3. The van der Waals surface area contributed by atoms with Crippen LogP contribution in [-0.2, 0) is 6.54 Å². The van der Waals surface area contributed by atoms with E-state index in [-0.39, 0.29) is 0 Å². The van der Waals surface area contributed by atoms with Gasteiger partial charge in [-0.2, -0.15) is 4.80 Å². The molecule has 7 heteroatoms. The first-order valence-electron chi connectivity index (χ1n) is 5.66. The second-order valence-corrected chi connectivity index (χ2v) is 5.80. The summed E-state index contributed by atoms with van der Waals surface area (Å²) in [6.07, 6.45) is 0. The van der Waals surface area contributed by atoms with Crippen LogP contribution in [0.2, 0.25) is 0 Å². The molecular weight excluding hydrogens is 326 g/mol. The maximum atomic E-state index is 4.39. The number of halogens is 1. The fourth-order valence-corrected chi connectivity index (χ4v) is 2.86. The molecule has 96 valence electrons. The van der Waals surface area contributed by atoms with Gasteiger partial charge < -0.3 is 0 Å². The van der Waals surface area contributed by atoms with Crippen LogP contribution in [0.5, 0.6) is 0 Å². The molecule has 0 aliphatic carbocycles. The van der Waals surface area contributed by atoms with Gasteiger partial charge in [0.1, 0.15) is 11.6 Å². The van der Waals surface area contributed by atoms with Crippen LogP contribution < -0.4 is 0 Å². The summed E-state index contributed by atoms with van der Waals surface area (Å²) >= 11 is 5.09. The molecular formula is C12H10BrN5S. The number of hydrogen-bond donors (Lipinski definition) is 0. The molecule has 0 unspecified atom stereocenters. The van der Waals surface area contributed by atoms with E-state index in [4.69, 9.17) is 0 Å². The number of aryl methyl sites for hydroxylation is 1. The van der Waals surface area contributed by atoms with Crippen LogP contribution in [0, 0.1) is 6.92 Å². The van der Waals surface area contributed by atoms with Crippen LogP contribution >= 0.6 is 27.3 Å². The van der Waals surface area contributed by atoms with E-state index in [2.05, 4.69) is 36.3 Å². The smallest absolute Gasteiger partial charge is 0.206 e. The Kier molecular flexibility index (Phi) is 3.39. The molecule has 0 amide bonds. The first kappa shape index (κ1) is 12.4. The maximum Gasteiger partial charge on any atom is 0.206 e. The fourth-order valence-electron chi connectivity index (χ4n) is 1.66. The molecule has 5 nitrogen and oxygen atoms in total. The molecule has 0 radical (unpaired) electrons. The molecule has 0 spiro atoms. The Morgan fingerprint density at radius 3 is 2.89 bits per heavy atom. The van der Waals surface area contributed by atoms with Gasteiger partial charge in [-0.15, -0.1) is 21.5 Å². The lowest BCUT2D eigenvalue weighted by Crippen LogP contribution is -2.03. The largest absolute Gasteiger partial charge is 0.245 e. The Hall–Kier alpha value is -1.60. The maximum absolute atomic E-state index is 4.39. The molecule has 0 fully saturated rings. The highest BCUT2D eigenvalue weighted by Gasteiger charge is 2.10. The van der Waals surface area contributed by atoms with Crippen molar-refractivity contribution >= 4 is 27.3 Å². The van der Waals surface area contributed by atoms with E-state index in [1.165, 1.54) is 0 Å². The van der Waals surface area contributed by atoms with Crippen molar-refractivity contribution in [3.63, 3.8) is 0 Å². The monoisotopic (exact) mass is 335 g/mol. The Bertz CT molecular complexity index is 705. The first-order chi connectivity index (χ1) is 9.22.